The quantitative estimate of drug-likeness (QED) is 0.780. The molecule has 2 heterocycles. The zero-order valence-electron chi connectivity index (χ0n) is 9.90. The van der Waals surface area contributed by atoms with Crippen LogP contribution in [0.2, 0.25) is 0 Å². The first-order valence-electron chi connectivity index (χ1n) is 6.16. The van der Waals surface area contributed by atoms with Crippen molar-refractivity contribution in [1.29, 1.82) is 0 Å². The molecule has 0 spiro atoms. The Morgan fingerprint density at radius 1 is 1.44 bits per heavy atom. The SMILES string of the molecule is O=C(c1cc(F)ccc1O)N1C[C@@H]2CCN[C@@H]2C1. The molecule has 2 atom stereocenters. The largest absolute Gasteiger partial charge is 0.507 e. The number of aromatic hydroxyl groups is 1. The number of nitrogens with one attached hydrogen (secondary N) is 1. The number of phenols is 1. The third-order valence-corrected chi connectivity index (χ3v) is 3.84. The van der Waals surface area contributed by atoms with Gasteiger partial charge in [0.25, 0.3) is 5.91 Å². The van der Waals surface area contributed by atoms with Crippen molar-refractivity contribution in [3.63, 3.8) is 0 Å². The third kappa shape index (κ3) is 1.84. The predicted molar refractivity (Wildman–Crippen MR) is 63.9 cm³/mol. The molecule has 2 aliphatic rings. The van der Waals surface area contributed by atoms with Crippen molar-refractivity contribution in [2.24, 2.45) is 5.92 Å². The lowest BCUT2D eigenvalue weighted by atomic mass is 10.1. The van der Waals surface area contributed by atoms with Gasteiger partial charge in [-0.25, -0.2) is 4.39 Å². The Hall–Kier alpha value is -1.62. The molecule has 1 amide bonds. The Kier molecular flexibility index (Phi) is 2.70. The topological polar surface area (TPSA) is 52.6 Å². The summed E-state index contributed by atoms with van der Waals surface area (Å²) in [6.45, 7) is 2.33. The van der Waals surface area contributed by atoms with Gasteiger partial charge in [-0.05, 0) is 37.1 Å². The van der Waals surface area contributed by atoms with E-state index in [4.69, 9.17) is 0 Å². The molecule has 0 aromatic heterocycles. The number of fused-ring (bicyclic) bond motifs is 1. The van der Waals surface area contributed by atoms with E-state index >= 15 is 0 Å². The van der Waals surface area contributed by atoms with E-state index in [0.717, 1.165) is 25.1 Å². The summed E-state index contributed by atoms with van der Waals surface area (Å²) in [5.74, 6) is -0.465. The molecule has 1 aromatic carbocycles. The summed E-state index contributed by atoms with van der Waals surface area (Å²) in [4.78, 5) is 13.9. The zero-order chi connectivity index (χ0) is 12.7. The molecule has 96 valence electrons. The molecular weight excluding hydrogens is 235 g/mol. The molecule has 2 saturated heterocycles. The minimum Gasteiger partial charge on any atom is -0.507 e. The van der Waals surface area contributed by atoms with Crippen LogP contribution in [0.1, 0.15) is 16.8 Å². The first-order valence-corrected chi connectivity index (χ1v) is 6.16. The fourth-order valence-electron chi connectivity index (χ4n) is 2.86. The van der Waals surface area contributed by atoms with Crippen molar-refractivity contribution >= 4 is 5.91 Å². The summed E-state index contributed by atoms with van der Waals surface area (Å²) in [6, 6.07) is 3.81. The van der Waals surface area contributed by atoms with Gasteiger partial charge in [0.1, 0.15) is 11.6 Å². The number of hydrogen-bond acceptors (Lipinski definition) is 3. The Morgan fingerprint density at radius 3 is 3.06 bits per heavy atom. The van der Waals surface area contributed by atoms with E-state index < -0.39 is 5.82 Å². The maximum absolute atomic E-state index is 13.1. The van der Waals surface area contributed by atoms with Gasteiger partial charge in [-0.15, -0.1) is 0 Å². The summed E-state index contributed by atoms with van der Waals surface area (Å²) >= 11 is 0. The number of benzene rings is 1. The van der Waals surface area contributed by atoms with Crippen LogP contribution < -0.4 is 5.32 Å². The number of carbonyl (C=O) groups excluding carboxylic acids is 1. The van der Waals surface area contributed by atoms with Gasteiger partial charge in [0.2, 0.25) is 0 Å². The minimum absolute atomic E-state index is 0.0509. The second kappa shape index (κ2) is 4.24. The van der Waals surface area contributed by atoms with Crippen LogP contribution in [0, 0.1) is 11.7 Å². The second-order valence-electron chi connectivity index (χ2n) is 4.98. The van der Waals surface area contributed by atoms with Gasteiger partial charge in [0.05, 0.1) is 5.56 Å². The fourth-order valence-corrected chi connectivity index (χ4v) is 2.86. The molecule has 0 unspecified atom stereocenters. The lowest BCUT2D eigenvalue weighted by Crippen LogP contribution is -2.34. The van der Waals surface area contributed by atoms with Gasteiger partial charge in [0.15, 0.2) is 0 Å². The number of nitrogens with zero attached hydrogens (tertiary/aromatic N) is 1. The van der Waals surface area contributed by atoms with E-state index in [0.29, 0.717) is 25.0 Å². The van der Waals surface area contributed by atoms with E-state index in [1.54, 1.807) is 4.90 Å². The molecule has 1 aromatic rings. The second-order valence-corrected chi connectivity index (χ2v) is 4.98. The number of halogens is 1. The first kappa shape index (κ1) is 11.5. The number of rotatable bonds is 1. The van der Waals surface area contributed by atoms with E-state index in [-0.39, 0.29) is 17.2 Å². The molecular formula is C13H15FN2O2. The van der Waals surface area contributed by atoms with Gasteiger partial charge in [-0.1, -0.05) is 0 Å². The van der Waals surface area contributed by atoms with E-state index in [9.17, 15) is 14.3 Å². The number of carbonyl (C=O) groups is 1. The Bertz CT molecular complexity index is 480. The Labute approximate surface area is 104 Å². The van der Waals surface area contributed by atoms with E-state index in [1.807, 2.05) is 0 Å². The van der Waals surface area contributed by atoms with Crippen LogP contribution >= 0.6 is 0 Å². The lowest BCUT2D eigenvalue weighted by molar-refractivity contribution is 0.0779. The highest BCUT2D eigenvalue weighted by molar-refractivity contribution is 5.97. The summed E-state index contributed by atoms with van der Waals surface area (Å²) in [5, 5.41) is 13.0. The summed E-state index contributed by atoms with van der Waals surface area (Å²) in [5.41, 5.74) is 0.0509. The number of likely N-dealkylation sites (tertiary alicyclic amines) is 1. The number of amides is 1. The van der Waals surface area contributed by atoms with Gasteiger partial charge in [-0.3, -0.25) is 4.79 Å². The van der Waals surface area contributed by atoms with Crippen LogP contribution in [0.15, 0.2) is 18.2 Å². The molecule has 0 bridgehead atoms. The highest BCUT2D eigenvalue weighted by Crippen LogP contribution is 2.28. The molecule has 2 fully saturated rings. The minimum atomic E-state index is -0.506. The van der Waals surface area contributed by atoms with Crippen LogP contribution in [0.25, 0.3) is 0 Å². The standard InChI is InChI=1S/C13H15FN2O2/c14-9-1-2-12(17)10(5-9)13(18)16-6-8-3-4-15-11(8)7-16/h1-2,5,8,11,15,17H,3-4,6-7H2/t8-,11+/m0/s1. The van der Waals surface area contributed by atoms with Crippen LogP contribution in [-0.4, -0.2) is 41.6 Å². The van der Waals surface area contributed by atoms with Crippen molar-refractivity contribution in [3.8, 4) is 5.75 Å². The van der Waals surface area contributed by atoms with Crippen LogP contribution in [-0.2, 0) is 0 Å². The fraction of sp³-hybridized carbons (Fsp3) is 0.462. The van der Waals surface area contributed by atoms with E-state index in [2.05, 4.69) is 5.32 Å². The number of hydrogen-bond donors (Lipinski definition) is 2. The van der Waals surface area contributed by atoms with Crippen molar-refractivity contribution in [1.82, 2.24) is 10.2 Å². The Balaban J connectivity index is 1.81. The monoisotopic (exact) mass is 250 g/mol. The third-order valence-electron chi connectivity index (χ3n) is 3.84. The molecule has 0 aliphatic carbocycles. The Morgan fingerprint density at radius 2 is 2.28 bits per heavy atom. The molecule has 5 heteroatoms. The zero-order valence-corrected chi connectivity index (χ0v) is 9.90. The van der Waals surface area contributed by atoms with Gasteiger partial charge in [-0.2, -0.15) is 0 Å². The molecule has 2 aliphatic heterocycles. The predicted octanol–water partition coefficient (Wildman–Crippen LogP) is 0.965. The van der Waals surface area contributed by atoms with Crippen molar-refractivity contribution in [2.45, 2.75) is 12.5 Å². The van der Waals surface area contributed by atoms with Crippen molar-refractivity contribution in [2.75, 3.05) is 19.6 Å². The number of phenolic OH excluding ortho intramolecular Hbond substituents is 1. The van der Waals surface area contributed by atoms with Gasteiger partial charge in [0, 0.05) is 19.1 Å². The van der Waals surface area contributed by atoms with Gasteiger partial charge < -0.3 is 15.3 Å². The maximum atomic E-state index is 13.1. The normalized spacial score (nSPS) is 26.4. The van der Waals surface area contributed by atoms with E-state index in [1.165, 1.54) is 6.07 Å². The average molecular weight is 250 g/mol. The molecule has 2 N–H and O–H groups in total. The molecule has 0 radical (unpaired) electrons. The van der Waals surface area contributed by atoms with Crippen LogP contribution in [0.4, 0.5) is 4.39 Å². The summed E-state index contributed by atoms with van der Waals surface area (Å²) < 4.78 is 13.1. The smallest absolute Gasteiger partial charge is 0.257 e. The van der Waals surface area contributed by atoms with Crippen molar-refractivity contribution in [3.05, 3.63) is 29.6 Å². The lowest BCUT2D eigenvalue weighted by Gasteiger charge is -2.18. The average Bonchev–Trinajstić information content (AvgIpc) is 2.91. The maximum Gasteiger partial charge on any atom is 0.257 e. The first-order chi connectivity index (χ1) is 8.65. The van der Waals surface area contributed by atoms with Crippen LogP contribution in [0.3, 0.4) is 0 Å². The molecule has 4 nitrogen and oxygen atoms in total. The highest BCUT2D eigenvalue weighted by atomic mass is 19.1. The van der Waals surface area contributed by atoms with Crippen LogP contribution in [0.5, 0.6) is 5.75 Å². The van der Waals surface area contributed by atoms with Crippen molar-refractivity contribution < 1.29 is 14.3 Å². The summed E-state index contributed by atoms with van der Waals surface area (Å²) in [6.07, 6.45) is 1.07. The molecule has 3 rings (SSSR count). The molecule has 0 saturated carbocycles. The highest BCUT2D eigenvalue weighted by Gasteiger charge is 2.38. The van der Waals surface area contributed by atoms with Gasteiger partial charge >= 0.3 is 0 Å². The summed E-state index contributed by atoms with van der Waals surface area (Å²) in [7, 11) is 0. The molecule has 18 heavy (non-hydrogen) atoms.